The minimum absolute atomic E-state index is 0.404. The average molecular weight is 274 g/mol. The van der Waals surface area contributed by atoms with E-state index in [9.17, 15) is 0 Å². The fourth-order valence-electron chi connectivity index (χ4n) is 2.89. The number of hydrogen-bond donors (Lipinski definition) is 0. The number of nitrogens with zero attached hydrogens (tertiary/aromatic N) is 3. The first-order valence-electron chi connectivity index (χ1n) is 6.71. The molecule has 0 aliphatic heterocycles. The predicted octanol–water partition coefficient (Wildman–Crippen LogP) is 4.01. The zero-order valence-electron chi connectivity index (χ0n) is 10.9. The van der Waals surface area contributed by atoms with Crippen LogP contribution in [0.3, 0.4) is 0 Å². The molecule has 0 N–H and O–H groups in total. The number of fused-ring (bicyclic) bond motifs is 1. The molecule has 3 nitrogen and oxygen atoms in total. The van der Waals surface area contributed by atoms with E-state index in [2.05, 4.69) is 22.5 Å². The summed E-state index contributed by atoms with van der Waals surface area (Å²) in [5, 5.41) is 9.05. The van der Waals surface area contributed by atoms with E-state index in [4.69, 9.17) is 16.9 Å². The standard InChI is InChI=1S/C15H16ClN3/c1-10(12-3-2-4-12)19-14-7-11(9-17)5-6-13(14)18-15(19)8-16/h5-7,10,12H,2-4,8H2,1H3. The first-order valence-corrected chi connectivity index (χ1v) is 7.25. The number of hydrogen-bond acceptors (Lipinski definition) is 2. The van der Waals surface area contributed by atoms with Gasteiger partial charge >= 0.3 is 0 Å². The number of benzene rings is 1. The Bertz CT molecular complexity index is 649. The van der Waals surface area contributed by atoms with Crippen molar-refractivity contribution in [2.45, 2.75) is 38.1 Å². The van der Waals surface area contributed by atoms with Crippen molar-refractivity contribution in [2.24, 2.45) is 5.92 Å². The molecule has 0 bridgehead atoms. The van der Waals surface area contributed by atoms with Crippen LogP contribution in [-0.2, 0) is 5.88 Å². The highest BCUT2D eigenvalue weighted by molar-refractivity contribution is 6.16. The van der Waals surface area contributed by atoms with E-state index in [-0.39, 0.29) is 0 Å². The Balaban J connectivity index is 2.16. The van der Waals surface area contributed by atoms with Crippen molar-refractivity contribution in [3.63, 3.8) is 0 Å². The third-order valence-corrected chi connectivity index (χ3v) is 4.49. The number of nitriles is 1. The molecule has 1 aromatic heterocycles. The van der Waals surface area contributed by atoms with Gasteiger partial charge in [0.25, 0.3) is 0 Å². The quantitative estimate of drug-likeness (QED) is 0.793. The van der Waals surface area contributed by atoms with Crippen LogP contribution in [0.4, 0.5) is 0 Å². The van der Waals surface area contributed by atoms with Crippen molar-refractivity contribution in [1.29, 1.82) is 5.26 Å². The third kappa shape index (κ3) is 2.01. The van der Waals surface area contributed by atoms with Gasteiger partial charge in [-0.2, -0.15) is 5.26 Å². The summed E-state index contributed by atoms with van der Waals surface area (Å²) < 4.78 is 2.23. The molecule has 98 valence electrons. The van der Waals surface area contributed by atoms with Crippen LogP contribution in [0.5, 0.6) is 0 Å². The Labute approximate surface area is 117 Å². The molecule has 0 saturated heterocycles. The Kier molecular flexibility index (Phi) is 3.20. The summed E-state index contributed by atoms with van der Waals surface area (Å²) in [4.78, 5) is 4.59. The fraction of sp³-hybridized carbons (Fsp3) is 0.467. The van der Waals surface area contributed by atoms with E-state index < -0.39 is 0 Å². The van der Waals surface area contributed by atoms with Crippen molar-refractivity contribution >= 4 is 22.6 Å². The molecule has 2 aromatic rings. The monoisotopic (exact) mass is 273 g/mol. The van der Waals surface area contributed by atoms with Crippen molar-refractivity contribution in [3.8, 4) is 6.07 Å². The van der Waals surface area contributed by atoms with Crippen LogP contribution in [0.25, 0.3) is 11.0 Å². The van der Waals surface area contributed by atoms with E-state index >= 15 is 0 Å². The van der Waals surface area contributed by atoms with Crippen LogP contribution < -0.4 is 0 Å². The maximum atomic E-state index is 9.05. The lowest BCUT2D eigenvalue weighted by atomic mass is 9.80. The van der Waals surface area contributed by atoms with Gasteiger partial charge in [0.05, 0.1) is 28.5 Å². The molecule has 4 heteroatoms. The Morgan fingerprint density at radius 3 is 2.89 bits per heavy atom. The Morgan fingerprint density at radius 1 is 1.53 bits per heavy atom. The molecular formula is C15H16ClN3. The van der Waals surface area contributed by atoms with E-state index in [1.807, 2.05) is 18.2 Å². The summed E-state index contributed by atoms with van der Waals surface area (Å²) in [5.41, 5.74) is 2.64. The maximum Gasteiger partial charge on any atom is 0.125 e. The van der Waals surface area contributed by atoms with Gasteiger partial charge < -0.3 is 4.57 Å². The van der Waals surface area contributed by atoms with Crippen molar-refractivity contribution < 1.29 is 0 Å². The molecule has 1 aliphatic carbocycles. The zero-order valence-corrected chi connectivity index (χ0v) is 11.7. The zero-order chi connectivity index (χ0) is 13.4. The SMILES string of the molecule is CC(C1CCC1)n1c(CCl)nc2ccc(C#N)cc21. The highest BCUT2D eigenvalue weighted by atomic mass is 35.5. The molecule has 0 radical (unpaired) electrons. The van der Waals surface area contributed by atoms with Crippen LogP contribution >= 0.6 is 11.6 Å². The lowest BCUT2D eigenvalue weighted by Crippen LogP contribution is -2.24. The van der Waals surface area contributed by atoms with E-state index in [0.29, 0.717) is 23.4 Å². The van der Waals surface area contributed by atoms with Gasteiger partial charge in [-0.25, -0.2) is 4.98 Å². The molecule has 1 fully saturated rings. The molecule has 1 saturated carbocycles. The number of rotatable bonds is 3. The van der Waals surface area contributed by atoms with Gasteiger partial charge in [-0.05, 0) is 43.9 Å². The van der Waals surface area contributed by atoms with Gasteiger partial charge in [-0.1, -0.05) is 6.42 Å². The molecule has 1 unspecified atom stereocenters. The van der Waals surface area contributed by atoms with Crippen LogP contribution in [0, 0.1) is 17.2 Å². The summed E-state index contributed by atoms with van der Waals surface area (Å²) in [6, 6.07) is 8.25. The first-order chi connectivity index (χ1) is 9.24. The van der Waals surface area contributed by atoms with Crippen LogP contribution in [0.2, 0.25) is 0 Å². The molecule has 1 atom stereocenters. The number of halogens is 1. The number of alkyl halides is 1. The Morgan fingerprint density at radius 2 is 2.32 bits per heavy atom. The Hall–Kier alpha value is -1.53. The third-order valence-electron chi connectivity index (χ3n) is 4.25. The lowest BCUT2D eigenvalue weighted by Gasteiger charge is -2.33. The normalized spacial score (nSPS) is 17.1. The number of imidazole rings is 1. The van der Waals surface area contributed by atoms with Crippen LogP contribution in [-0.4, -0.2) is 9.55 Å². The smallest absolute Gasteiger partial charge is 0.125 e. The molecule has 0 spiro atoms. The lowest BCUT2D eigenvalue weighted by molar-refractivity contribution is 0.223. The summed E-state index contributed by atoms with van der Waals surface area (Å²) in [6.07, 6.45) is 3.88. The van der Waals surface area contributed by atoms with Crippen LogP contribution in [0.15, 0.2) is 18.2 Å². The topological polar surface area (TPSA) is 41.6 Å². The highest BCUT2D eigenvalue weighted by Crippen LogP contribution is 2.38. The van der Waals surface area contributed by atoms with Gasteiger partial charge in [0.15, 0.2) is 0 Å². The fourth-order valence-corrected chi connectivity index (χ4v) is 3.08. The molecule has 19 heavy (non-hydrogen) atoms. The second-order valence-corrected chi connectivity index (χ2v) is 5.55. The first kappa shape index (κ1) is 12.5. The molecule has 3 rings (SSSR count). The summed E-state index contributed by atoms with van der Waals surface area (Å²) >= 11 is 6.04. The number of aromatic nitrogens is 2. The molecule has 1 heterocycles. The summed E-state index contributed by atoms with van der Waals surface area (Å²) in [5.74, 6) is 2.03. The van der Waals surface area contributed by atoms with Crippen molar-refractivity contribution in [3.05, 3.63) is 29.6 Å². The summed E-state index contributed by atoms with van der Waals surface area (Å²) in [7, 11) is 0. The molecule has 0 amide bonds. The maximum absolute atomic E-state index is 9.05. The van der Waals surface area contributed by atoms with Gasteiger partial charge in [0.1, 0.15) is 5.82 Å². The summed E-state index contributed by atoms with van der Waals surface area (Å²) in [6.45, 7) is 2.24. The van der Waals surface area contributed by atoms with Gasteiger partial charge in [-0.15, -0.1) is 11.6 Å². The molecule has 1 aliphatic rings. The second kappa shape index (κ2) is 4.86. The van der Waals surface area contributed by atoms with E-state index in [1.165, 1.54) is 19.3 Å². The average Bonchev–Trinajstić information content (AvgIpc) is 2.73. The van der Waals surface area contributed by atoms with Gasteiger partial charge in [0.2, 0.25) is 0 Å². The second-order valence-electron chi connectivity index (χ2n) is 5.28. The van der Waals surface area contributed by atoms with Gasteiger partial charge in [-0.3, -0.25) is 0 Å². The molecule has 1 aromatic carbocycles. The van der Waals surface area contributed by atoms with E-state index in [1.54, 1.807) is 0 Å². The minimum Gasteiger partial charge on any atom is -0.324 e. The predicted molar refractivity (Wildman–Crippen MR) is 76.1 cm³/mol. The highest BCUT2D eigenvalue weighted by Gasteiger charge is 2.27. The van der Waals surface area contributed by atoms with Crippen molar-refractivity contribution in [2.75, 3.05) is 0 Å². The van der Waals surface area contributed by atoms with Crippen LogP contribution in [0.1, 0.15) is 43.6 Å². The van der Waals surface area contributed by atoms with Gasteiger partial charge in [0, 0.05) is 6.04 Å². The van der Waals surface area contributed by atoms with E-state index in [0.717, 1.165) is 16.9 Å². The van der Waals surface area contributed by atoms with Crippen molar-refractivity contribution in [1.82, 2.24) is 9.55 Å². The largest absolute Gasteiger partial charge is 0.324 e. The molecular weight excluding hydrogens is 258 g/mol. The minimum atomic E-state index is 0.404.